The Balaban J connectivity index is 2.03. The van der Waals surface area contributed by atoms with Gasteiger partial charge in [0.2, 0.25) is 5.13 Å². The Labute approximate surface area is 101 Å². The Morgan fingerprint density at radius 1 is 1.29 bits per heavy atom. The van der Waals surface area contributed by atoms with Gasteiger partial charge in [0.05, 0.1) is 0 Å². The summed E-state index contributed by atoms with van der Waals surface area (Å²) in [6.45, 7) is 0. The zero-order chi connectivity index (χ0) is 12.0. The van der Waals surface area contributed by atoms with Crippen LogP contribution in [0.25, 0.3) is 11.3 Å². The molecule has 3 rings (SSSR count). The van der Waals surface area contributed by atoms with E-state index >= 15 is 0 Å². The van der Waals surface area contributed by atoms with Gasteiger partial charge in [-0.25, -0.2) is 9.37 Å². The molecular formula is C12H10F2N2S. The summed E-state index contributed by atoms with van der Waals surface area (Å²) in [6, 6.07) is 4.76. The summed E-state index contributed by atoms with van der Waals surface area (Å²) in [4.78, 5) is 3.87. The molecule has 1 fully saturated rings. The summed E-state index contributed by atoms with van der Waals surface area (Å²) in [5, 5.41) is -0.315. The van der Waals surface area contributed by atoms with Crippen molar-refractivity contribution in [3.8, 4) is 11.3 Å². The van der Waals surface area contributed by atoms with E-state index in [9.17, 15) is 8.78 Å². The second kappa shape index (κ2) is 3.77. The fourth-order valence-corrected chi connectivity index (χ4v) is 2.48. The van der Waals surface area contributed by atoms with Crippen LogP contribution in [0.3, 0.4) is 0 Å². The molecule has 1 aliphatic rings. The predicted octanol–water partition coefficient (Wildman–Crippen LogP) is 3.55. The van der Waals surface area contributed by atoms with E-state index in [1.54, 1.807) is 12.1 Å². The smallest absolute Gasteiger partial charge is 0.206 e. The average Bonchev–Trinajstić information content (AvgIpc) is 3.04. The van der Waals surface area contributed by atoms with Crippen LogP contribution in [0.5, 0.6) is 0 Å². The number of rotatable bonds is 2. The summed E-state index contributed by atoms with van der Waals surface area (Å²) in [7, 11) is 0. The molecule has 88 valence electrons. The molecule has 1 aliphatic carbocycles. The molecule has 1 heterocycles. The molecule has 0 aliphatic heterocycles. The quantitative estimate of drug-likeness (QED) is 0.887. The number of thiazole rings is 1. The first-order chi connectivity index (χ1) is 8.15. The van der Waals surface area contributed by atoms with Crippen LogP contribution in [0, 0.1) is 10.9 Å². The highest BCUT2D eigenvalue weighted by Crippen LogP contribution is 2.42. The molecule has 0 unspecified atom stereocenters. The van der Waals surface area contributed by atoms with Crippen LogP contribution in [-0.4, -0.2) is 4.98 Å². The van der Waals surface area contributed by atoms with E-state index in [0.717, 1.165) is 29.7 Å². The van der Waals surface area contributed by atoms with Gasteiger partial charge in [0.1, 0.15) is 11.5 Å². The van der Waals surface area contributed by atoms with Crippen LogP contribution in [-0.2, 0) is 0 Å². The third kappa shape index (κ3) is 1.91. The van der Waals surface area contributed by atoms with Gasteiger partial charge < -0.3 is 5.73 Å². The number of nitrogen functional groups attached to an aromatic ring is 1. The van der Waals surface area contributed by atoms with E-state index in [-0.39, 0.29) is 16.6 Å². The fraction of sp³-hybridized carbons (Fsp3) is 0.250. The van der Waals surface area contributed by atoms with E-state index in [0.29, 0.717) is 11.5 Å². The lowest BCUT2D eigenvalue weighted by Crippen LogP contribution is -1.90. The molecule has 17 heavy (non-hydrogen) atoms. The zero-order valence-corrected chi connectivity index (χ0v) is 9.73. The normalized spacial score (nSPS) is 15.2. The Morgan fingerprint density at radius 3 is 2.59 bits per heavy atom. The monoisotopic (exact) mass is 252 g/mol. The molecule has 2 aromatic rings. The minimum atomic E-state index is -0.471. The van der Waals surface area contributed by atoms with Gasteiger partial charge in [0.15, 0.2) is 5.13 Å². The van der Waals surface area contributed by atoms with Crippen molar-refractivity contribution in [2.45, 2.75) is 18.8 Å². The van der Waals surface area contributed by atoms with Gasteiger partial charge in [-0.3, -0.25) is 0 Å². The summed E-state index contributed by atoms with van der Waals surface area (Å²) < 4.78 is 27.2. The molecule has 1 aromatic carbocycles. The molecule has 0 atom stereocenters. The van der Waals surface area contributed by atoms with Gasteiger partial charge in [-0.15, -0.1) is 0 Å². The van der Waals surface area contributed by atoms with Gasteiger partial charge in [0, 0.05) is 5.56 Å². The van der Waals surface area contributed by atoms with Crippen LogP contribution in [0.2, 0.25) is 0 Å². The molecule has 1 aromatic heterocycles. The SMILES string of the molecule is Nc1nc(-c2ccc(C3CC3)c(F)c2)c(F)s1. The van der Waals surface area contributed by atoms with Crippen LogP contribution < -0.4 is 5.73 Å². The minimum Gasteiger partial charge on any atom is -0.375 e. The van der Waals surface area contributed by atoms with Crippen molar-refractivity contribution in [1.29, 1.82) is 0 Å². The second-order valence-corrected chi connectivity index (χ2v) is 5.17. The van der Waals surface area contributed by atoms with Crippen molar-refractivity contribution in [2.24, 2.45) is 0 Å². The van der Waals surface area contributed by atoms with Crippen molar-refractivity contribution in [3.63, 3.8) is 0 Å². The number of aromatic nitrogens is 1. The lowest BCUT2D eigenvalue weighted by molar-refractivity contribution is 0.611. The number of benzene rings is 1. The third-order valence-corrected chi connectivity index (χ3v) is 3.57. The first-order valence-electron chi connectivity index (χ1n) is 5.37. The molecule has 1 saturated carbocycles. The highest BCUT2D eigenvalue weighted by atomic mass is 32.1. The molecule has 0 amide bonds. The third-order valence-electron chi connectivity index (χ3n) is 2.89. The van der Waals surface area contributed by atoms with E-state index in [2.05, 4.69) is 4.98 Å². The van der Waals surface area contributed by atoms with Crippen LogP contribution >= 0.6 is 11.3 Å². The molecule has 2 nitrogen and oxygen atoms in total. The van der Waals surface area contributed by atoms with Gasteiger partial charge >= 0.3 is 0 Å². The van der Waals surface area contributed by atoms with Crippen molar-refractivity contribution < 1.29 is 8.78 Å². The molecular weight excluding hydrogens is 242 g/mol. The van der Waals surface area contributed by atoms with Crippen LogP contribution in [0.1, 0.15) is 24.3 Å². The molecule has 5 heteroatoms. The van der Waals surface area contributed by atoms with Gasteiger partial charge in [-0.2, -0.15) is 4.39 Å². The topological polar surface area (TPSA) is 38.9 Å². The Hall–Kier alpha value is -1.49. The summed E-state index contributed by atoms with van der Waals surface area (Å²) >= 11 is 0.770. The highest BCUT2D eigenvalue weighted by Gasteiger charge is 2.26. The number of halogens is 2. The molecule has 2 N–H and O–H groups in total. The molecule has 0 saturated heterocycles. The zero-order valence-electron chi connectivity index (χ0n) is 8.91. The summed E-state index contributed by atoms with van der Waals surface area (Å²) in [6.07, 6.45) is 2.07. The number of nitrogens with zero attached hydrogens (tertiary/aromatic N) is 1. The van der Waals surface area contributed by atoms with Gasteiger partial charge in [-0.1, -0.05) is 23.5 Å². The first-order valence-corrected chi connectivity index (χ1v) is 6.18. The number of anilines is 1. The Morgan fingerprint density at radius 2 is 2.06 bits per heavy atom. The standard InChI is InChI=1S/C12H10F2N2S/c13-9-5-7(3-4-8(9)6-1-2-6)10-11(14)17-12(15)16-10/h3-6H,1-2H2,(H2,15,16). The van der Waals surface area contributed by atoms with Gasteiger partial charge in [-0.05, 0) is 30.4 Å². The minimum absolute atomic E-state index is 0.133. The van der Waals surface area contributed by atoms with E-state index in [1.807, 2.05) is 0 Å². The highest BCUT2D eigenvalue weighted by molar-refractivity contribution is 7.14. The summed E-state index contributed by atoms with van der Waals surface area (Å²) in [5.74, 6) is 0.0605. The van der Waals surface area contributed by atoms with Crippen LogP contribution in [0.4, 0.5) is 13.9 Å². The fourth-order valence-electron chi connectivity index (χ4n) is 1.89. The first kappa shape index (κ1) is 10.7. The Kier molecular flexibility index (Phi) is 2.36. The van der Waals surface area contributed by atoms with Crippen molar-refractivity contribution in [1.82, 2.24) is 4.98 Å². The number of hydrogen-bond donors (Lipinski definition) is 1. The maximum atomic E-state index is 13.8. The molecule has 0 bridgehead atoms. The average molecular weight is 252 g/mol. The van der Waals surface area contributed by atoms with Crippen molar-refractivity contribution in [2.75, 3.05) is 5.73 Å². The second-order valence-electron chi connectivity index (χ2n) is 4.18. The largest absolute Gasteiger partial charge is 0.375 e. The number of nitrogens with two attached hydrogens (primary N) is 1. The summed E-state index contributed by atoms with van der Waals surface area (Å²) in [5.41, 5.74) is 6.71. The maximum absolute atomic E-state index is 13.8. The van der Waals surface area contributed by atoms with E-state index < -0.39 is 5.13 Å². The van der Waals surface area contributed by atoms with Gasteiger partial charge in [0.25, 0.3) is 0 Å². The predicted molar refractivity (Wildman–Crippen MR) is 63.9 cm³/mol. The Bertz CT molecular complexity index is 576. The van der Waals surface area contributed by atoms with Crippen LogP contribution in [0.15, 0.2) is 18.2 Å². The molecule has 0 radical (unpaired) electrons. The molecule has 0 spiro atoms. The van der Waals surface area contributed by atoms with E-state index in [4.69, 9.17) is 5.73 Å². The van der Waals surface area contributed by atoms with Crippen molar-refractivity contribution >= 4 is 16.5 Å². The van der Waals surface area contributed by atoms with Crippen molar-refractivity contribution in [3.05, 3.63) is 34.7 Å². The van der Waals surface area contributed by atoms with E-state index in [1.165, 1.54) is 6.07 Å². The lowest BCUT2D eigenvalue weighted by atomic mass is 10.1. The number of hydrogen-bond acceptors (Lipinski definition) is 3. The lowest BCUT2D eigenvalue weighted by Gasteiger charge is -2.03. The maximum Gasteiger partial charge on any atom is 0.206 e.